The van der Waals surface area contributed by atoms with E-state index in [1.54, 1.807) is 0 Å². The predicted molar refractivity (Wildman–Crippen MR) is 37.9 cm³/mol. The van der Waals surface area contributed by atoms with Crippen LogP contribution in [0.2, 0.25) is 0 Å². The Hall–Kier alpha value is 0.861. The molecule has 0 saturated heterocycles. The normalized spacial score (nSPS) is 9.42. The first kappa shape index (κ1) is 23.0. The van der Waals surface area contributed by atoms with E-state index in [-0.39, 0.29) is 61.2 Å². The van der Waals surface area contributed by atoms with Crippen LogP contribution in [-0.2, 0) is 9.59 Å². The predicted octanol–water partition coefficient (Wildman–Crippen LogP) is -4.91. The van der Waals surface area contributed by atoms with Crippen molar-refractivity contribution in [3.05, 3.63) is 0 Å². The van der Waals surface area contributed by atoms with Gasteiger partial charge in [0.1, 0.15) is 0 Å². The maximum Gasteiger partial charge on any atom is 3.00 e. The maximum absolute atomic E-state index is 9.58. The Morgan fingerprint density at radius 1 is 1.33 bits per heavy atom. The van der Waals surface area contributed by atoms with Crippen molar-refractivity contribution in [2.24, 2.45) is 0 Å². The number of carboxylic acid groups (broad SMARTS) is 2. The summed E-state index contributed by atoms with van der Waals surface area (Å²) in [6.07, 6.45) is -2.89. The molecule has 0 bridgehead atoms. The molecule has 0 amide bonds. The number of carbonyl (C=O) groups is 2. The molecule has 0 saturated carbocycles. The second-order valence-corrected chi connectivity index (χ2v) is 1.41. The van der Waals surface area contributed by atoms with Crippen LogP contribution in [0.15, 0.2) is 0 Å². The first-order valence-corrected chi connectivity index (χ1v) is 2.13. The van der Waals surface area contributed by atoms with Crippen molar-refractivity contribution in [2.75, 3.05) is 0 Å². The molecule has 0 rings (SSSR count). The van der Waals surface area contributed by atoms with E-state index in [9.17, 15) is 19.8 Å². The van der Waals surface area contributed by atoms with Crippen molar-refractivity contribution in [1.29, 1.82) is 0 Å². The number of hydrogen-bond acceptors (Lipinski definition) is 5. The molecule has 12 heavy (non-hydrogen) atoms. The summed E-state index contributed by atoms with van der Waals surface area (Å²) in [4.78, 5) is 19.1. The largest absolute Gasteiger partial charge is 3.00 e. The second-order valence-electron chi connectivity index (χ2n) is 1.41. The van der Waals surface area contributed by atoms with E-state index in [0.29, 0.717) is 0 Å². The van der Waals surface area contributed by atoms with Crippen molar-refractivity contribution >= 4 is 73.1 Å². The van der Waals surface area contributed by atoms with E-state index >= 15 is 0 Å². The molecule has 0 spiro atoms. The fourth-order valence-corrected chi connectivity index (χ4v) is 0.241. The van der Waals surface area contributed by atoms with Crippen LogP contribution in [-0.4, -0.2) is 84.3 Å². The summed E-state index contributed by atoms with van der Waals surface area (Å²) in [5, 5.41) is 27.3. The molecule has 8 heteroatoms. The van der Waals surface area contributed by atoms with Gasteiger partial charge in [-0.2, -0.15) is 0 Å². The topological polar surface area (TPSA) is 100 Å². The third-order valence-electron chi connectivity index (χ3n) is 0.632. The van der Waals surface area contributed by atoms with Gasteiger partial charge in [0.05, 0.1) is 12.1 Å². The fraction of sp³-hybridized carbons (Fsp3) is 0.500. The van der Waals surface area contributed by atoms with Crippen LogP contribution < -0.4 is 10.2 Å². The van der Waals surface area contributed by atoms with Crippen LogP contribution in [0.25, 0.3) is 0 Å². The zero-order valence-corrected chi connectivity index (χ0v) is 12.3. The molecule has 1 unspecified atom stereocenters. The average molecular weight is 349 g/mol. The van der Waals surface area contributed by atoms with E-state index in [1.807, 2.05) is 0 Å². The summed E-state index contributed by atoms with van der Waals surface area (Å²) < 4.78 is 0. The number of carboxylic acids is 2. The quantitative estimate of drug-likeness (QED) is 0.515. The van der Waals surface area contributed by atoms with Crippen molar-refractivity contribution in [1.82, 2.24) is 0 Å². The fourth-order valence-electron chi connectivity index (χ4n) is 0.241. The van der Waals surface area contributed by atoms with E-state index in [2.05, 4.69) is 0 Å². The number of aliphatic hydroxyl groups is 1. The summed E-state index contributed by atoms with van der Waals surface area (Å²) in [7, 11) is 0. The molecule has 0 aromatic carbocycles. The van der Waals surface area contributed by atoms with Crippen molar-refractivity contribution in [2.45, 2.75) is 12.5 Å². The molecular formula is C4H4AlAsInO5+7. The number of aliphatic hydroxyl groups excluding tert-OH is 1. The number of carbonyl (C=O) groups excluding carboxylic acids is 2. The monoisotopic (exact) mass is 349 g/mol. The van der Waals surface area contributed by atoms with Crippen LogP contribution in [0.1, 0.15) is 6.42 Å². The molecule has 0 aliphatic rings. The summed E-state index contributed by atoms with van der Waals surface area (Å²) in [6.45, 7) is 0. The van der Waals surface area contributed by atoms with Crippen molar-refractivity contribution in [3.8, 4) is 0 Å². The van der Waals surface area contributed by atoms with E-state index in [1.165, 1.54) is 0 Å². The summed E-state index contributed by atoms with van der Waals surface area (Å²) >= 11 is 0. The Morgan fingerprint density at radius 3 is 1.75 bits per heavy atom. The van der Waals surface area contributed by atoms with Crippen LogP contribution in [0.5, 0.6) is 0 Å². The minimum Gasteiger partial charge on any atom is -0.550 e. The van der Waals surface area contributed by atoms with Gasteiger partial charge in [-0.1, -0.05) is 0 Å². The molecule has 5 nitrogen and oxygen atoms in total. The van der Waals surface area contributed by atoms with Crippen LogP contribution in [0.3, 0.4) is 0 Å². The Balaban J connectivity index is -0.000000107. The molecule has 0 fully saturated rings. The molecule has 0 aromatic heterocycles. The SMILES string of the molecule is O=C([O-])CC(O)C(=O)[O-].[Al+3].[As+3].[In+3]. The zero-order valence-electron chi connectivity index (χ0n) is 5.97. The number of rotatable bonds is 3. The van der Waals surface area contributed by atoms with Gasteiger partial charge in [-0.25, -0.2) is 0 Å². The van der Waals surface area contributed by atoms with Gasteiger partial charge in [0.2, 0.25) is 0 Å². The van der Waals surface area contributed by atoms with Gasteiger partial charge in [-0.3, -0.25) is 0 Å². The van der Waals surface area contributed by atoms with Crippen LogP contribution >= 0.6 is 0 Å². The van der Waals surface area contributed by atoms with Gasteiger partial charge in [-0.05, 0) is 0 Å². The Labute approximate surface area is 110 Å². The number of hydrogen-bond donors (Lipinski definition) is 1. The van der Waals surface area contributed by atoms with E-state index in [0.717, 1.165) is 0 Å². The summed E-state index contributed by atoms with van der Waals surface area (Å²) in [5.41, 5.74) is 0. The minimum atomic E-state index is -1.96. The molecular weight excluding hydrogens is 345 g/mol. The van der Waals surface area contributed by atoms with Crippen LogP contribution in [0.4, 0.5) is 0 Å². The van der Waals surface area contributed by atoms with Crippen molar-refractivity contribution < 1.29 is 24.9 Å². The standard InChI is InChI=1S/C4H6O5.Al.As.In/c5-2(4(8)9)1-3(6)7;;;/h2,5H,1H2,(H,6,7)(H,8,9);;;/q;3*+3/p-2. The Kier molecular flexibility index (Phi) is 22.8. The smallest absolute Gasteiger partial charge is 0.550 e. The maximum atomic E-state index is 9.58. The number of aliphatic carboxylic acids is 2. The molecule has 2 radical (unpaired) electrons. The average Bonchev–Trinajstić information content (AvgIpc) is 1.63. The Bertz CT molecular complexity index is 143. The van der Waals surface area contributed by atoms with Gasteiger partial charge >= 0.3 is 61.2 Å². The summed E-state index contributed by atoms with van der Waals surface area (Å²) in [5.74, 6) is -3.43. The van der Waals surface area contributed by atoms with Gasteiger partial charge in [-0.15, -0.1) is 0 Å². The van der Waals surface area contributed by atoms with Crippen molar-refractivity contribution in [3.63, 3.8) is 0 Å². The third kappa shape index (κ3) is 13.5. The van der Waals surface area contributed by atoms with Gasteiger partial charge in [0, 0.05) is 12.4 Å². The molecule has 0 aromatic rings. The third-order valence-corrected chi connectivity index (χ3v) is 0.632. The first-order valence-electron chi connectivity index (χ1n) is 2.13. The molecule has 54 valence electrons. The van der Waals surface area contributed by atoms with E-state index < -0.39 is 24.5 Å². The minimum absolute atomic E-state index is 0. The first-order chi connectivity index (χ1) is 4.04. The zero-order chi connectivity index (χ0) is 7.44. The molecule has 0 aliphatic carbocycles. The molecule has 1 N–H and O–H groups in total. The summed E-state index contributed by atoms with van der Waals surface area (Å²) in [6, 6.07) is 0. The molecule has 0 heterocycles. The second kappa shape index (κ2) is 11.9. The van der Waals surface area contributed by atoms with Gasteiger partial charge < -0.3 is 24.9 Å². The van der Waals surface area contributed by atoms with E-state index in [4.69, 9.17) is 5.11 Å². The molecule has 0 aliphatic heterocycles. The van der Waals surface area contributed by atoms with Crippen LogP contribution in [0, 0.1) is 0 Å². The van der Waals surface area contributed by atoms with Gasteiger partial charge in [0.15, 0.2) is 0 Å². The van der Waals surface area contributed by atoms with Gasteiger partial charge in [0.25, 0.3) is 0 Å². The molecule has 1 atom stereocenters. The Morgan fingerprint density at radius 2 is 1.67 bits per heavy atom.